The fourth-order valence-electron chi connectivity index (χ4n) is 3.62. The lowest BCUT2D eigenvalue weighted by Gasteiger charge is -2.21. The molecule has 0 aromatic rings. The van der Waals surface area contributed by atoms with E-state index >= 15 is 0 Å². The molecule has 0 unspecified atom stereocenters. The third-order valence-electron chi connectivity index (χ3n) is 5.07. The molecule has 0 radical (unpaired) electrons. The van der Waals surface area contributed by atoms with Gasteiger partial charge in [0.15, 0.2) is 0 Å². The van der Waals surface area contributed by atoms with Gasteiger partial charge in [-0.1, -0.05) is 12.8 Å². The Kier molecular flexibility index (Phi) is 3.30. The number of carbonyl (C=O) groups is 3. The van der Waals surface area contributed by atoms with Crippen LogP contribution < -0.4 is 5.32 Å². The second-order valence-corrected chi connectivity index (χ2v) is 6.64. The molecule has 0 aromatic heterocycles. The van der Waals surface area contributed by atoms with E-state index < -0.39 is 5.41 Å². The van der Waals surface area contributed by atoms with Crippen molar-refractivity contribution in [2.45, 2.75) is 57.9 Å². The molecule has 1 aliphatic heterocycles. The van der Waals surface area contributed by atoms with Gasteiger partial charge in [-0.15, -0.1) is 0 Å². The van der Waals surface area contributed by atoms with Crippen molar-refractivity contribution < 1.29 is 14.4 Å². The summed E-state index contributed by atoms with van der Waals surface area (Å²) in [5.41, 5.74) is -0.473. The largest absolute Gasteiger partial charge is 0.352 e. The number of amides is 3. The maximum Gasteiger partial charge on any atom is 0.240 e. The molecule has 1 saturated heterocycles. The molecule has 1 atom stereocenters. The molecule has 1 heterocycles. The van der Waals surface area contributed by atoms with Gasteiger partial charge in [-0.2, -0.15) is 0 Å². The number of nitrogens with one attached hydrogen (secondary N) is 1. The quantitative estimate of drug-likeness (QED) is 0.786. The molecule has 1 spiro atoms. The Balaban J connectivity index is 1.60. The smallest absolute Gasteiger partial charge is 0.240 e. The molecule has 3 fully saturated rings. The predicted octanol–water partition coefficient (Wildman–Crippen LogP) is 1.22. The molecule has 3 rings (SSSR count). The minimum absolute atomic E-state index is 0.101. The first-order valence-electron chi connectivity index (χ1n) is 7.66. The summed E-state index contributed by atoms with van der Waals surface area (Å²) in [7, 11) is 0. The van der Waals surface area contributed by atoms with Crippen LogP contribution in [-0.4, -0.2) is 35.2 Å². The Morgan fingerprint density at radius 2 is 2.00 bits per heavy atom. The highest BCUT2D eigenvalue weighted by molar-refractivity contribution is 6.08. The summed E-state index contributed by atoms with van der Waals surface area (Å²) in [6.45, 7) is 1.89. The van der Waals surface area contributed by atoms with Crippen molar-refractivity contribution in [1.82, 2.24) is 10.2 Å². The highest BCUT2D eigenvalue weighted by atomic mass is 16.2. The predicted molar refractivity (Wildman–Crippen MR) is 72.6 cm³/mol. The van der Waals surface area contributed by atoms with Gasteiger partial charge in [-0.05, 0) is 38.5 Å². The molecule has 110 valence electrons. The molecule has 2 saturated carbocycles. The summed E-state index contributed by atoms with van der Waals surface area (Å²) in [6.07, 6.45) is 6.24. The first kappa shape index (κ1) is 13.6. The van der Waals surface area contributed by atoms with E-state index in [-0.39, 0.29) is 30.3 Å². The Morgan fingerprint density at radius 1 is 1.35 bits per heavy atom. The number of nitrogens with zero attached hydrogens (tertiary/aromatic N) is 1. The number of hydrogen-bond acceptors (Lipinski definition) is 3. The van der Waals surface area contributed by atoms with Gasteiger partial charge in [0.1, 0.15) is 6.54 Å². The van der Waals surface area contributed by atoms with E-state index in [1.165, 1.54) is 4.90 Å². The topological polar surface area (TPSA) is 66.5 Å². The van der Waals surface area contributed by atoms with Gasteiger partial charge in [0.05, 0.1) is 5.41 Å². The lowest BCUT2D eigenvalue weighted by Crippen LogP contribution is -2.45. The molecule has 20 heavy (non-hydrogen) atoms. The maximum absolute atomic E-state index is 12.4. The summed E-state index contributed by atoms with van der Waals surface area (Å²) < 4.78 is 0. The van der Waals surface area contributed by atoms with Crippen molar-refractivity contribution >= 4 is 17.7 Å². The molecule has 0 aromatic carbocycles. The van der Waals surface area contributed by atoms with Crippen molar-refractivity contribution in [2.75, 3.05) is 6.54 Å². The highest BCUT2D eigenvalue weighted by Crippen LogP contribution is 2.46. The molecule has 5 nitrogen and oxygen atoms in total. The minimum atomic E-state index is -0.473. The van der Waals surface area contributed by atoms with Crippen LogP contribution in [0.2, 0.25) is 0 Å². The van der Waals surface area contributed by atoms with E-state index in [0.717, 1.165) is 38.5 Å². The van der Waals surface area contributed by atoms with Crippen molar-refractivity contribution in [3.8, 4) is 0 Å². The van der Waals surface area contributed by atoms with Gasteiger partial charge in [-0.3, -0.25) is 19.3 Å². The Morgan fingerprint density at radius 3 is 2.60 bits per heavy atom. The van der Waals surface area contributed by atoms with Crippen molar-refractivity contribution in [1.29, 1.82) is 0 Å². The number of likely N-dealkylation sites (tertiary alicyclic amines) is 1. The first-order chi connectivity index (χ1) is 9.52. The molecule has 3 aliphatic rings. The Labute approximate surface area is 119 Å². The summed E-state index contributed by atoms with van der Waals surface area (Å²) in [5.74, 6) is 0.0756. The summed E-state index contributed by atoms with van der Waals surface area (Å²) >= 11 is 0. The van der Waals surface area contributed by atoms with Crippen LogP contribution in [-0.2, 0) is 14.4 Å². The van der Waals surface area contributed by atoms with Gasteiger partial charge in [-0.25, -0.2) is 0 Å². The van der Waals surface area contributed by atoms with Gasteiger partial charge in [0.2, 0.25) is 17.7 Å². The van der Waals surface area contributed by atoms with E-state index in [1.807, 2.05) is 6.92 Å². The van der Waals surface area contributed by atoms with Crippen LogP contribution in [0.1, 0.15) is 51.9 Å². The van der Waals surface area contributed by atoms with E-state index in [2.05, 4.69) is 5.32 Å². The Bertz CT molecular complexity index is 450. The fraction of sp³-hybridized carbons (Fsp3) is 0.800. The van der Waals surface area contributed by atoms with E-state index in [9.17, 15) is 14.4 Å². The SMILES string of the molecule is C[C@H](NC(=O)CN1C(=O)CC2(CCCC2)C1=O)C1CC1. The number of carbonyl (C=O) groups excluding carboxylic acids is 3. The lowest BCUT2D eigenvalue weighted by molar-refractivity contribution is -0.144. The van der Waals surface area contributed by atoms with Crippen LogP contribution in [0.3, 0.4) is 0 Å². The summed E-state index contributed by atoms with van der Waals surface area (Å²) in [4.78, 5) is 37.6. The van der Waals surface area contributed by atoms with Crippen LogP contribution in [0.4, 0.5) is 0 Å². The molecular formula is C15H22N2O3. The molecule has 5 heteroatoms. The van der Waals surface area contributed by atoms with Crippen molar-refractivity contribution in [3.05, 3.63) is 0 Å². The maximum atomic E-state index is 12.4. The molecule has 1 N–H and O–H groups in total. The molecule has 0 bridgehead atoms. The van der Waals surface area contributed by atoms with E-state index in [4.69, 9.17) is 0 Å². The van der Waals surface area contributed by atoms with E-state index in [0.29, 0.717) is 12.3 Å². The standard InChI is InChI=1S/C15H22N2O3/c1-10(11-4-5-11)16-12(18)9-17-13(19)8-15(14(17)20)6-2-3-7-15/h10-11H,2-9H2,1H3,(H,16,18)/t10-/m0/s1. The molecular weight excluding hydrogens is 256 g/mol. The summed E-state index contributed by atoms with van der Waals surface area (Å²) in [5, 5.41) is 2.90. The third kappa shape index (κ3) is 2.34. The van der Waals surface area contributed by atoms with E-state index in [1.54, 1.807) is 0 Å². The zero-order valence-corrected chi connectivity index (χ0v) is 12.0. The highest BCUT2D eigenvalue weighted by Gasteiger charge is 2.52. The van der Waals surface area contributed by atoms with Crippen molar-refractivity contribution in [2.24, 2.45) is 11.3 Å². The molecule has 2 aliphatic carbocycles. The fourth-order valence-corrected chi connectivity index (χ4v) is 3.62. The van der Waals surface area contributed by atoms with Gasteiger partial charge < -0.3 is 5.32 Å². The molecule has 3 amide bonds. The number of rotatable bonds is 4. The van der Waals surface area contributed by atoms with Crippen LogP contribution in [0.25, 0.3) is 0 Å². The summed E-state index contributed by atoms with van der Waals surface area (Å²) in [6, 6.07) is 0.149. The number of imide groups is 1. The zero-order chi connectivity index (χ0) is 14.3. The van der Waals surface area contributed by atoms with Crippen molar-refractivity contribution in [3.63, 3.8) is 0 Å². The second kappa shape index (κ2) is 4.86. The Hall–Kier alpha value is -1.39. The minimum Gasteiger partial charge on any atom is -0.352 e. The van der Waals surface area contributed by atoms with Crippen LogP contribution >= 0.6 is 0 Å². The number of hydrogen-bond donors (Lipinski definition) is 1. The lowest BCUT2D eigenvalue weighted by atomic mass is 9.84. The van der Waals surface area contributed by atoms with Gasteiger partial charge in [0.25, 0.3) is 0 Å². The second-order valence-electron chi connectivity index (χ2n) is 6.64. The van der Waals surface area contributed by atoms with Gasteiger partial charge in [0, 0.05) is 12.5 Å². The van der Waals surface area contributed by atoms with Crippen LogP contribution in [0.15, 0.2) is 0 Å². The van der Waals surface area contributed by atoms with Crippen LogP contribution in [0, 0.1) is 11.3 Å². The zero-order valence-electron chi connectivity index (χ0n) is 12.0. The average Bonchev–Trinajstić information content (AvgIpc) is 3.11. The average molecular weight is 278 g/mol. The monoisotopic (exact) mass is 278 g/mol. The van der Waals surface area contributed by atoms with Gasteiger partial charge >= 0.3 is 0 Å². The normalized spacial score (nSPS) is 26.4. The first-order valence-corrected chi connectivity index (χ1v) is 7.66. The third-order valence-corrected chi connectivity index (χ3v) is 5.07. The van der Waals surface area contributed by atoms with Crippen LogP contribution in [0.5, 0.6) is 0 Å².